The molecule has 0 bridgehead atoms. The van der Waals surface area contributed by atoms with Crippen LogP contribution >= 0.6 is 0 Å². The topological polar surface area (TPSA) is 74.8 Å². The van der Waals surface area contributed by atoms with Crippen LogP contribution < -0.4 is 0 Å². The second-order valence-corrected chi connectivity index (χ2v) is 7.69. The van der Waals surface area contributed by atoms with Crippen LogP contribution in [0.15, 0.2) is 30.5 Å². The van der Waals surface area contributed by atoms with Gasteiger partial charge in [-0.25, -0.2) is 0 Å². The fourth-order valence-electron chi connectivity index (χ4n) is 4.39. The van der Waals surface area contributed by atoms with E-state index in [0.29, 0.717) is 44.7 Å². The van der Waals surface area contributed by atoms with Gasteiger partial charge in [-0.2, -0.15) is 0 Å². The predicted octanol–water partition coefficient (Wildman–Crippen LogP) is 2.33. The van der Waals surface area contributed by atoms with Crippen LogP contribution in [0.5, 0.6) is 0 Å². The molecular formula is C20H26N2O4. The van der Waals surface area contributed by atoms with E-state index in [0.717, 1.165) is 23.7 Å². The summed E-state index contributed by atoms with van der Waals surface area (Å²) in [7, 11) is 1.61. The van der Waals surface area contributed by atoms with Gasteiger partial charge in [-0.1, -0.05) is 6.07 Å². The van der Waals surface area contributed by atoms with Crippen LogP contribution in [0.1, 0.15) is 36.0 Å². The molecule has 1 aromatic carbocycles. The third-order valence-corrected chi connectivity index (χ3v) is 5.80. The molecule has 3 heterocycles. The van der Waals surface area contributed by atoms with Crippen LogP contribution in [0.4, 0.5) is 0 Å². The molecule has 0 radical (unpaired) electrons. The number of amides is 1. The van der Waals surface area contributed by atoms with Crippen LogP contribution in [0.2, 0.25) is 0 Å². The normalized spacial score (nSPS) is 25.7. The van der Waals surface area contributed by atoms with Crippen molar-refractivity contribution in [1.82, 2.24) is 9.88 Å². The highest BCUT2D eigenvalue weighted by Crippen LogP contribution is 2.40. The minimum Gasteiger partial charge on any atom is -0.387 e. The first-order valence-corrected chi connectivity index (χ1v) is 9.24. The van der Waals surface area contributed by atoms with Gasteiger partial charge in [-0.3, -0.25) is 4.79 Å². The average molecular weight is 358 g/mol. The average Bonchev–Trinajstić information content (AvgIpc) is 3.09. The lowest BCUT2D eigenvalue weighted by molar-refractivity contribution is -0.189. The monoisotopic (exact) mass is 358 g/mol. The van der Waals surface area contributed by atoms with Crippen LogP contribution in [0.3, 0.4) is 0 Å². The standard InChI is InChI=1S/C20H26N2O4/c1-25-14-19(24)7-11-26-20(13-19)5-9-22(10-6-20)18(23)16-3-2-15-4-8-21-17(15)12-16/h2-4,8,12,21,24H,5-7,9-11,13-14H2,1H3. The van der Waals surface area contributed by atoms with Crippen molar-refractivity contribution in [1.29, 1.82) is 0 Å². The molecule has 2 aromatic rings. The number of H-pyrrole nitrogens is 1. The Morgan fingerprint density at radius 3 is 2.88 bits per heavy atom. The summed E-state index contributed by atoms with van der Waals surface area (Å²) in [5, 5.41) is 11.8. The number of hydrogen-bond donors (Lipinski definition) is 2. The number of nitrogens with zero attached hydrogens (tertiary/aromatic N) is 1. The molecule has 1 amide bonds. The molecule has 1 unspecified atom stereocenters. The van der Waals surface area contributed by atoms with E-state index in [2.05, 4.69) is 4.98 Å². The lowest BCUT2D eigenvalue weighted by Gasteiger charge is -2.49. The van der Waals surface area contributed by atoms with Crippen molar-refractivity contribution in [3.05, 3.63) is 36.0 Å². The van der Waals surface area contributed by atoms with Crippen molar-refractivity contribution in [3.63, 3.8) is 0 Å². The van der Waals surface area contributed by atoms with Gasteiger partial charge in [0.25, 0.3) is 5.91 Å². The molecule has 1 aromatic heterocycles. The van der Waals surface area contributed by atoms with Gasteiger partial charge in [-0.05, 0) is 36.4 Å². The van der Waals surface area contributed by atoms with Gasteiger partial charge in [0.05, 0.1) is 24.4 Å². The van der Waals surface area contributed by atoms with Crippen molar-refractivity contribution < 1.29 is 19.4 Å². The number of nitrogens with one attached hydrogen (secondary N) is 1. The molecule has 2 N–H and O–H groups in total. The lowest BCUT2D eigenvalue weighted by Crippen LogP contribution is -2.56. The zero-order chi connectivity index (χ0) is 18.2. The number of piperidine rings is 1. The van der Waals surface area contributed by atoms with E-state index in [1.54, 1.807) is 7.11 Å². The summed E-state index contributed by atoms with van der Waals surface area (Å²) in [5.41, 5.74) is 0.518. The number of methoxy groups -OCH3 is 1. The molecular weight excluding hydrogens is 332 g/mol. The number of fused-ring (bicyclic) bond motifs is 1. The third-order valence-electron chi connectivity index (χ3n) is 5.80. The quantitative estimate of drug-likeness (QED) is 0.883. The molecule has 1 atom stereocenters. The number of carbonyl (C=O) groups is 1. The Balaban J connectivity index is 1.43. The first-order chi connectivity index (χ1) is 12.5. The summed E-state index contributed by atoms with van der Waals surface area (Å²) in [5.74, 6) is 0.0549. The SMILES string of the molecule is COCC1(O)CCOC2(CCN(C(=O)c3ccc4cc[nH]c4c3)CC2)C1. The zero-order valence-electron chi connectivity index (χ0n) is 15.2. The Labute approximate surface area is 153 Å². The highest BCUT2D eigenvalue weighted by atomic mass is 16.5. The molecule has 2 saturated heterocycles. The van der Waals surface area contributed by atoms with Crippen molar-refractivity contribution in [3.8, 4) is 0 Å². The van der Waals surface area contributed by atoms with Crippen molar-refractivity contribution in [2.45, 2.75) is 36.9 Å². The van der Waals surface area contributed by atoms with E-state index in [4.69, 9.17) is 9.47 Å². The number of aromatic amines is 1. The summed E-state index contributed by atoms with van der Waals surface area (Å²) >= 11 is 0. The molecule has 0 saturated carbocycles. The largest absolute Gasteiger partial charge is 0.387 e. The Hall–Kier alpha value is -1.89. The predicted molar refractivity (Wildman–Crippen MR) is 98.2 cm³/mol. The van der Waals surface area contributed by atoms with Gasteiger partial charge in [0.2, 0.25) is 0 Å². The summed E-state index contributed by atoms with van der Waals surface area (Å²) in [6.45, 7) is 2.16. The van der Waals surface area contributed by atoms with Crippen LogP contribution in [-0.2, 0) is 9.47 Å². The molecule has 1 spiro atoms. The summed E-state index contributed by atoms with van der Waals surface area (Å²) in [6.07, 6.45) is 4.54. The van der Waals surface area contributed by atoms with E-state index >= 15 is 0 Å². The van der Waals surface area contributed by atoms with Crippen LogP contribution in [-0.4, -0.2) is 65.5 Å². The molecule has 2 fully saturated rings. The second kappa shape index (κ2) is 6.68. The van der Waals surface area contributed by atoms with Crippen molar-refractivity contribution >= 4 is 16.8 Å². The second-order valence-electron chi connectivity index (χ2n) is 7.69. The fourth-order valence-corrected chi connectivity index (χ4v) is 4.39. The number of likely N-dealkylation sites (tertiary alicyclic amines) is 1. The van der Waals surface area contributed by atoms with Gasteiger partial charge in [0, 0.05) is 50.3 Å². The van der Waals surface area contributed by atoms with Crippen LogP contribution in [0, 0.1) is 0 Å². The summed E-state index contributed by atoms with van der Waals surface area (Å²) < 4.78 is 11.3. The lowest BCUT2D eigenvalue weighted by atomic mass is 9.77. The first-order valence-electron chi connectivity index (χ1n) is 9.24. The van der Waals surface area contributed by atoms with Gasteiger partial charge in [0.1, 0.15) is 0 Å². The van der Waals surface area contributed by atoms with Gasteiger partial charge < -0.3 is 24.5 Å². The Morgan fingerprint density at radius 1 is 1.31 bits per heavy atom. The Kier molecular flexibility index (Phi) is 4.50. The van der Waals surface area contributed by atoms with E-state index < -0.39 is 5.60 Å². The maximum absolute atomic E-state index is 12.9. The molecule has 26 heavy (non-hydrogen) atoms. The first kappa shape index (κ1) is 17.5. The minimum atomic E-state index is -0.822. The van der Waals surface area contributed by atoms with Crippen molar-refractivity contribution in [2.75, 3.05) is 33.4 Å². The van der Waals surface area contributed by atoms with Crippen LogP contribution in [0.25, 0.3) is 10.9 Å². The maximum Gasteiger partial charge on any atom is 0.253 e. The molecule has 140 valence electrons. The molecule has 2 aliphatic rings. The number of carbonyl (C=O) groups excluding carboxylic acids is 1. The third kappa shape index (κ3) is 3.24. The highest BCUT2D eigenvalue weighted by Gasteiger charge is 2.47. The molecule has 6 heteroatoms. The fraction of sp³-hybridized carbons (Fsp3) is 0.550. The van der Waals surface area contributed by atoms with E-state index in [-0.39, 0.29) is 11.5 Å². The van der Waals surface area contributed by atoms with E-state index in [1.165, 1.54) is 0 Å². The smallest absolute Gasteiger partial charge is 0.253 e. The zero-order valence-corrected chi connectivity index (χ0v) is 15.2. The Morgan fingerprint density at radius 2 is 2.12 bits per heavy atom. The summed E-state index contributed by atoms with van der Waals surface area (Å²) in [6, 6.07) is 7.77. The summed E-state index contributed by atoms with van der Waals surface area (Å²) in [4.78, 5) is 17.9. The van der Waals surface area contributed by atoms with Crippen molar-refractivity contribution in [2.24, 2.45) is 0 Å². The number of aromatic nitrogens is 1. The number of benzene rings is 1. The highest BCUT2D eigenvalue weighted by molar-refractivity contribution is 5.98. The molecule has 4 rings (SSSR count). The minimum absolute atomic E-state index is 0.0549. The molecule has 2 aliphatic heterocycles. The van der Waals surface area contributed by atoms with E-state index in [1.807, 2.05) is 35.4 Å². The van der Waals surface area contributed by atoms with Gasteiger partial charge in [-0.15, -0.1) is 0 Å². The van der Waals surface area contributed by atoms with E-state index in [9.17, 15) is 9.90 Å². The molecule has 6 nitrogen and oxygen atoms in total. The number of hydrogen-bond acceptors (Lipinski definition) is 4. The van der Waals surface area contributed by atoms with Gasteiger partial charge >= 0.3 is 0 Å². The number of ether oxygens (including phenoxy) is 2. The number of rotatable bonds is 3. The Bertz CT molecular complexity index is 790. The molecule has 0 aliphatic carbocycles. The van der Waals surface area contributed by atoms with Gasteiger partial charge in [0.15, 0.2) is 0 Å². The maximum atomic E-state index is 12.9. The number of aliphatic hydroxyl groups is 1.